The van der Waals surface area contributed by atoms with E-state index >= 15 is 0 Å². The van der Waals surface area contributed by atoms with Crippen molar-refractivity contribution in [3.8, 4) is 0 Å². The molecule has 0 fully saturated rings. The van der Waals surface area contributed by atoms with E-state index in [-0.39, 0.29) is 17.4 Å². The molecule has 0 saturated carbocycles. The van der Waals surface area contributed by atoms with Gasteiger partial charge in [0.05, 0.1) is 0 Å². The van der Waals surface area contributed by atoms with Crippen molar-refractivity contribution in [1.82, 2.24) is 15.5 Å². The summed E-state index contributed by atoms with van der Waals surface area (Å²) in [6, 6.07) is 1.46. The Hall–Kier alpha value is -2.17. The summed E-state index contributed by atoms with van der Waals surface area (Å²) in [6.07, 6.45) is 6.20. The fraction of sp³-hybridized carbons (Fsp3) is 0.438. The van der Waals surface area contributed by atoms with Gasteiger partial charge < -0.3 is 5.32 Å². The maximum Gasteiger partial charge on any atom is 0.269 e. The Morgan fingerprint density at radius 3 is 2.52 bits per heavy atom. The summed E-state index contributed by atoms with van der Waals surface area (Å²) >= 11 is 0. The highest BCUT2D eigenvalue weighted by molar-refractivity contribution is 5.97. The van der Waals surface area contributed by atoms with Crippen molar-refractivity contribution in [2.45, 2.75) is 40.5 Å². The first-order valence-electron chi connectivity index (χ1n) is 7.03. The van der Waals surface area contributed by atoms with E-state index < -0.39 is 0 Å². The molecule has 5 heteroatoms. The SMILES string of the molecule is CC(=O)c1cc(C(=O)NC/C=C(\C)CCC=C(C)C)[nH]n1. The van der Waals surface area contributed by atoms with E-state index in [1.54, 1.807) is 0 Å². The second-order valence-corrected chi connectivity index (χ2v) is 5.30. The Morgan fingerprint density at radius 1 is 1.24 bits per heavy atom. The number of hydrogen-bond donors (Lipinski definition) is 2. The van der Waals surface area contributed by atoms with Gasteiger partial charge in [-0.3, -0.25) is 14.7 Å². The van der Waals surface area contributed by atoms with E-state index in [2.05, 4.69) is 42.4 Å². The molecule has 0 atom stereocenters. The molecular weight excluding hydrogens is 266 g/mol. The van der Waals surface area contributed by atoms with Crippen LogP contribution in [0.25, 0.3) is 0 Å². The lowest BCUT2D eigenvalue weighted by molar-refractivity contribution is 0.0952. The van der Waals surface area contributed by atoms with Crippen LogP contribution in [-0.4, -0.2) is 28.4 Å². The maximum atomic E-state index is 11.8. The Balaban J connectivity index is 2.41. The third-order valence-electron chi connectivity index (χ3n) is 2.99. The van der Waals surface area contributed by atoms with Crippen molar-refractivity contribution in [3.63, 3.8) is 0 Å². The first kappa shape index (κ1) is 16.9. The van der Waals surface area contributed by atoms with Crippen LogP contribution in [0, 0.1) is 0 Å². The second kappa shape index (κ2) is 8.19. The zero-order valence-electron chi connectivity index (χ0n) is 13.1. The largest absolute Gasteiger partial charge is 0.347 e. The van der Waals surface area contributed by atoms with Gasteiger partial charge in [0.15, 0.2) is 5.78 Å². The summed E-state index contributed by atoms with van der Waals surface area (Å²) in [5.74, 6) is -0.427. The number of allylic oxidation sites excluding steroid dienone is 3. The molecule has 0 unspecified atom stereocenters. The molecule has 1 heterocycles. The van der Waals surface area contributed by atoms with Crippen LogP contribution in [0.5, 0.6) is 0 Å². The quantitative estimate of drug-likeness (QED) is 0.598. The lowest BCUT2D eigenvalue weighted by atomic mass is 10.1. The van der Waals surface area contributed by atoms with Gasteiger partial charge in [0.25, 0.3) is 5.91 Å². The summed E-state index contributed by atoms with van der Waals surface area (Å²) in [4.78, 5) is 22.9. The molecule has 114 valence electrons. The molecule has 0 aromatic carbocycles. The van der Waals surface area contributed by atoms with Crippen molar-refractivity contribution in [1.29, 1.82) is 0 Å². The van der Waals surface area contributed by atoms with E-state index in [1.807, 2.05) is 6.08 Å². The molecule has 1 rings (SSSR count). The number of carbonyl (C=O) groups excluding carboxylic acids is 2. The average Bonchev–Trinajstić information content (AvgIpc) is 2.87. The molecular formula is C16H23N3O2. The van der Waals surface area contributed by atoms with E-state index in [0.717, 1.165) is 12.8 Å². The van der Waals surface area contributed by atoms with Gasteiger partial charge in [-0.25, -0.2) is 0 Å². The number of aromatic amines is 1. The molecule has 0 aliphatic rings. The highest BCUT2D eigenvalue weighted by atomic mass is 16.2. The van der Waals surface area contributed by atoms with Gasteiger partial charge in [0, 0.05) is 13.5 Å². The average molecular weight is 289 g/mol. The van der Waals surface area contributed by atoms with Gasteiger partial charge in [-0.15, -0.1) is 0 Å². The zero-order valence-corrected chi connectivity index (χ0v) is 13.1. The van der Waals surface area contributed by atoms with Crippen molar-refractivity contribution in [3.05, 3.63) is 40.8 Å². The summed E-state index contributed by atoms with van der Waals surface area (Å²) in [6.45, 7) is 8.09. The number of nitrogens with zero attached hydrogens (tertiary/aromatic N) is 1. The number of Topliss-reactive ketones (excluding diaryl/α,β-unsaturated/α-hetero) is 1. The van der Waals surface area contributed by atoms with Crippen molar-refractivity contribution < 1.29 is 9.59 Å². The number of H-pyrrole nitrogens is 1. The van der Waals surface area contributed by atoms with Crippen LogP contribution < -0.4 is 5.32 Å². The number of hydrogen-bond acceptors (Lipinski definition) is 3. The zero-order chi connectivity index (χ0) is 15.8. The lowest BCUT2D eigenvalue weighted by Gasteiger charge is -2.02. The molecule has 2 N–H and O–H groups in total. The Morgan fingerprint density at radius 2 is 1.95 bits per heavy atom. The number of nitrogens with one attached hydrogen (secondary N) is 2. The molecule has 1 aromatic rings. The molecule has 0 spiro atoms. The standard InChI is InChI=1S/C16H23N3O2/c1-11(2)6-5-7-12(3)8-9-17-16(21)15-10-14(13(4)20)18-19-15/h6,8,10H,5,7,9H2,1-4H3,(H,17,21)(H,18,19)/b12-8+. The van der Waals surface area contributed by atoms with Gasteiger partial charge >= 0.3 is 0 Å². The minimum absolute atomic E-state index is 0.166. The van der Waals surface area contributed by atoms with Crippen LogP contribution in [0.3, 0.4) is 0 Å². The Kier molecular flexibility index (Phi) is 6.59. The molecule has 0 saturated heterocycles. The topological polar surface area (TPSA) is 74.8 Å². The summed E-state index contributed by atoms with van der Waals surface area (Å²) in [7, 11) is 0. The first-order valence-corrected chi connectivity index (χ1v) is 7.03. The van der Waals surface area contributed by atoms with Crippen molar-refractivity contribution in [2.75, 3.05) is 6.54 Å². The van der Waals surface area contributed by atoms with Crippen molar-refractivity contribution in [2.24, 2.45) is 0 Å². The predicted molar refractivity (Wildman–Crippen MR) is 83.3 cm³/mol. The lowest BCUT2D eigenvalue weighted by Crippen LogP contribution is -2.23. The Labute approximate surface area is 125 Å². The molecule has 1 aromatic heterocycles. The van der Waals surface area contributed by atoms with Crippen LogP contribution in [0.1, 0.15) is 61.5 Å². The molecule has 21 heavy (non-hydrogen) atoms. The van der Waals surface area contributed by atoms with Crippen LogP contribution >= 0.6 is 0 Å². The number of amides is 1. The van der Waals surface area contributed by atoms with E-state index in [4.69, 9.17) is 0 Å². The van der Waals surface area contributed by atoms with Gasteiger partial charge in [0.2, 0.25) is 0 Å². The smallest absolute Gasteiger partial charge is 0.269 e. The Bertz CT molecular complexity index is 564. The van der Waals surface area contributed by atoms with E-state index in [1.165, 1.54) is 24.1 Å². The minimum atomic E-state index is -0.261. The summed E-state index contributed by atoms with van der Waals surface area (Å²) in [5.41, 5.74) is 3.13. The van der Waals surface area contributed by atoms with Crippen LogP contribution in [0.2, 0.25) is 0 Å². The first-order chi connectivity index (χ1) is 9.90. The van der Waals surface area contributed by atoms with Crippen LogP contribution in [0.15, 0.2) is 29.4 Å². The number of ketones is 1. The number of rotatable bonds is 7. The number of aromatic nitrogens is 2. The normalized spacial score (nSPS) is 11.1. The highest BCUT2D eigenvalue weighted by Crippen LogP contribution is 2.06. The molecule has 5 nitrogen and oxygen atoms in total. The van der Waals surface area contributed by atoms with E-state index in [9.17, 15) is 9.59 Å². The van der Waals surface area contributed by atoms with E-state index in [0.29, 0.717) is 12.2 Å². The van der Waals surface area contributed by atoms with Gasteiger partial charge in [-0.05, 0) is 39.7 Å². The van der Waals surface area contributed by atoms with Gasteiger partial charge in [-0.2, -0.15) is 5.10 Å². The third-order valence-corrected chi connectivity index (χ3v) is 2.99. The molecule has 0 radical (unpaired) electrons. The number of carbonyl (C=O) groups is 2. The monoisotopic (exact) mass is 289 g/mol. The fourth-order valence-electron chi connectivity index (χ4n) is 1.72. The minimum Gasteiger partial charge on any atom is -0.347 e. The summed E-state index contributed by atoms with van der Waals surface area (Å²) < 4.78 is 0. The molecule has 0 bridgehead atoms. The molecule has 0 aliphatic heterocycles. The maximum absolute atomic E-state index is 11.8. The van der Waals surface area contributed by atoms with Crippen molar-refractivity contribution >= 4 is 11.7 Å². The van der Waals surface area contributed by atoms with Gasteiger partial charge in [-0.1, -0.05) is 23.3 Å². The van der Waals surface area contributed by atoms with Crippen LogP contribution in [-0.2, 0) is 0 Å². The van der Waals surface area contributed by atoms with Gasteiger partial charge in [0.1, 0.15) is 11.4 Å². The fourth-order valence-corrected chi connectivity index (χ4v) is 1.72. The summed E-state index contributed by atoms with van der Waals surface area (Å²) in [5, 5.41) is 9.11. The van der Waals surface area contributed by atoms with Crippen LogP contribution in [0.4, 0.5) is 0 Å². The molecule has 1 amide bonds. The second-order valence-electron chi connectivity index (χ2n) is 5.30. The predicted octanol–water partition coefficient (Wildman–Crippen LogP) is 3.03. The highest BCUT2D eigenvalue weighted by Gasteiger charge is 2.10. The third kappa shape index (κ3) is 6.21. The molecule has 0 aliphatic carbocycles.